The number of nitrogens with two attached hydrogens (primary N) is 1. The molecule has 5 N–H and O–H groups in total. The lowest BCUT2D eigenvalue weighted by Crippen LogP contribution is -2.33. The fraction of sp³-hybridized carbons (Fsp3) is 0.333. The first-order valence-electron chi connectivity index (χ1n) is 13.2. The molecule has 1 fully saturated rings. The minimum atomic E-state index is -4.52. The van der Waals surface area contributed by atoms with Crippen molar-refractivity contribution >= 4 is 40.9 Å². The van der Waals surface area contributed by atoms with E-state index >= 15 is 0 Å². The molecule has 4 rings (SSSR count). The molecule has 8 nitrogen and oxygen atoms in total. The predicted octanol–water partition coefficient (Wildman–Crippen LogP) is 5.75. The van der Waals surface area contributed by atoms with Crippen molar-refractivity contribution in [1.29, 1.82) is 5.41 Å². The third-order valence-electron chi connectivity index (χ3n) is 6.80. The van der Waals surface area contributed by atoms with E-state index in [0.717, 1.165) is 61.4 Å². The van der Waals surface area contributed by atoms with Gasteiger partial charge < -0.3 is 21.3 Å². The first-order chi connectivity index (χ1) is 19.9. The number of nitrogen functional groups attached to an aromatic ring is 1. The summed E-state index contributed by atoms with van der Waals surface area (Å²) in [7, 11) is 4.02. The number of likely N-dealkylation sites (tertiary alicyclic amines) is 1. The van der Waals surface area contributed by atoms with Gasteiger partial charge in [0.1, 0.15) is 30.0 Å². The monoisotopic (exact) mass is 599 g/mol. The average Bonchev–Trinajstić information content (AvgIpc) is 2.96. The van der Waals surface area contributed by atoms with E-state index in [0.29, 0.717) is 23.6 Å². The third kappa shape index (κ3) is 8.93. The normalized spacial score (nSPS) is 13.7. The van der Waals surface area contributed by atoms with Crippen molar-refractivity contribution in [3.05, 3.63) is 75.6 Å². The second-order valence-electron chi connectivity index (χ2n) is 9.87. The van der Waals surface area contributed by atoms with Gasteiger partial charge in [0.15, 0.2) is 0 Å². The Kier molecular flexibility index (Phi) is 11.3. The van der Waals surface area contributed by atoms with Crippen molar-refractivity contribution in [2.45, 2.75) is 25.9 Å². The van der Waals surface area contributed by atoms with Crippen LogP contribution in [-0.4, -0.2) is 60.6 Å². The molecule has 2 aromatic carbocycles. The zero-order chi connectivity index (χ0) is 30.9. The van der Waals surface area contributed by atoms with Gasteiger partial charge in [-0.25, -0.2) is 9.97 Å². The van der Waals surface area contributed by atoms with Gasteiger partial charge >= 0.3 is 6.18 Å². The zero-order valence-corrected chi connectivity index (χ0v) is 24.3. The minimum Gasteiger partial charge on any atom is -0.388 e. The van der Waals surface area contributed by atoms with E-state index in [1.165, 1.54) is 12.4 Å². The summed E-state index contributed by atoms with van der Waals surface area (Å²) in [4.78, 5) is 20.9. The molecule has 1 aliphatic heterocycles. The summed E-state index contributed by atoms with van der Waals surface area (Å²) in [5.41, 5.74) is 8.54. The van der Waals surface area contributed by atoms with E-state index in [-0.39, 0.29) is 17.1 Å². The Morgan fingerprint density at radius 3 is 2.57 bits per heavy atom. The Hall–Kier alpha value is -4.14. The second-order valence-corrected chi connectivity index (χ2v) is 10.3. The molecule has 0 amide bonds. The van der Waals surface area contributed by atoms with E-state index < -0.39 is 16.8 Å². The highest BCUT2D eigenvalue weighted by Crippen LogP contribution is 2.34. The fourth-order valence-electron chi connectivity index (χ4n) is 4.22. The number of carbonyl (C=O) groups is 1. The van der Waals surface area contributed by atoms with Crippen LogP contribution >= 0.6 is 11.6 Å². The Bertz CT molecular complexity index is 1480. The number of aromatic nitrogens is 2. The number of piperidine rings is 1. The van der Waals surface area contributed by atoms with Crippen LogP contribution in [0.4, 0.5) is 30.5 Å². The minimum absolute atomic E-state index is 0.0447. The number of nitrogens with one attached hydrogen (secondary N) is 3. The van der Waals surface area contributed by atoms with E-state index in [1.54, 1.807) is 0 Å². The van der Waals surface area contributed by atoms with Crippen LogP contribution in [0.1, 0.15) is 45.5 Å². The largest absolute Gasteiger partial charge is 0.417 e. The smallest absolute Gasteiger partial charge is 0.388 e. The third-order valence-corrected chi connectivity index (χ3v) is 7.13. The Balaban J connectivity index is 0.000000312. The van der Waals surface area contributed by atoms with Crippen LogP contribution in [0, 0.1) is 30.1 Å². The topological polar surface area (TPSA) is 120 Å². The first-order valence-corrected chi connectivity index (χ1v) is 13.5. The second kappa shape index (κ2) is 14.7. The molecule has 1 aromatic heterocycles. The van der Waals surface area contributed by atoms with Crippen molar-refractivity contribution in [3.63, 3.8) is 0 Å². The lowest BCUT2D eigenvalue weighted by Gasteiger charge is -2.29. The van der Waals surface area contributed by atoms with Gasteiger partial charge in [0.2, 0.25) is 0 Å². The van der Waals surface area contributed by atoms with Crippen LogP contribution in [0.5, 0.6) is 0 Å². The lowest BCUT2D eigenvalue weighted by molar-refractivity contribution is -0.137. The molecule has 0 spiro atoms. The van der Waals surface area contributed by atoms with Gasteiger partial charge in [0.25, 0.3) is 0 Å². The standard InChI is InChI=1S/C22H29N7.C8H4ClF3O/c1-15-4-6-18(25-2)12-17(15)5-7-19(23)20-21(24)27-14-28-22(20)26-13-16-8-10-29(3)11-9-16;9-7-2-1-5(4-13)3-6(7)8(10,11)12/h4,6,12,14,16,23,25H,8-11,13H2,1-3H3,(H3,24,26,27,28);1-4H. The number of alkyl halides is 3. The van der Waals surface area contributed by atoms with Gasteiger partial charge in [0.05, 0.1) is 16.1 Å². The molecule has 0 aliphatic carbocycles. The zero-order valence-electron chi connectivity index (χ0n) is 23.6. The summed E-state index contributed by atoms with van der Waals surface area (Å²) in [5, 5.41) is 14.6. The van der Waals surface area contributed by atoms with Crippen LogP contribution < -0.4 is 16.4 Å². The maximum absolute atomic E-state index is 12.2. The molecule has 0 atom stereocenters. The lowest BCUT2D eigenvalue weighted by atomic mass is 9.97. The Morgan fingerprint density at radius 1 is 1.21 bits per heavy atom. The predicted molar refractivity (Wildman–Crippen MR) is 161 cm³/mol. The summed E-state index contributed by atoms with van der Waals surface area (Å²) in [6, 6.07) is 8.97. The molecule has 222 valence electrons. The molecular formula is C30H33ClF3N7O. The number of hydrogen-bond donors (Lipinski definition) is 4. The molecule has 12 heteroatoms. The van der Waals surface area contributed by atoms with Crippen LogP contribution in [0.15, 0.2) is 42.7 Å². The summed E-state index contributed by atoms with van der Waals surface area (Å²) in [5.74, 6) is 7.46. The number of nitrogens with zero attached hydrogens (tertiary/aromatic N) is 3. The van der Waals surface area contributed by atoms with Gasteiger partial charge in [-0.2, -0.15) is 13.2 Å². The summed E-state index contributed by atoms with van der Waals surface area (Å²) in [6.07, 6.45) is -0.450. The molecule has 1 aliphatic rings. The number of hydrogen-bond acceptors (Lipinski definition) is 8. The molecule has 0 saturated carbocycles. The molecule has 0 unspecified atom stereocenters. The molecule has 42 heavy (non-hydrogen) atoms. The number of halogens is 4. The number of carbonyl (C=O) groups excluding carboxylic acids is 1. The van der Waals surface area contributed by atoms with Crippen molar-refractivity contribution in [2.75, 3.05) is 50.1 Å². The van der Waals surface area contributed by atoms with Crippen LogP contribution in [0.25, 0.3) is 0 Å². The molecule has 1 saturated heterocycles. The summed E-state index contributed by atoms with van der Waals surface area (Å²) in [6.45, 7) is 5.03. The quantitative estimate of drug-likeness (QED) is 0.162. The SMILES string of the molecule is CNc1ccc(C)c(C#CC(=N)c2c(N)ncnc2NCC2CCN(C)CC2)c1.O=Cc1ccc(Cl)c(C(F)(F)F)c1. The van der Waals surface area contributed by atoms with Gasteiger partial charge in [-0.05, 0) is 81.6 Å². The van der Waals surface area contributed by atoms with E-state index in [4.69, 9.17) is 22.7 Å². The van der Waals surface area contributed by atoms with Crippen LogP contribution in [0.3, 0.4) is 0 Å². The van der Waals surface area contributed by atoms with Gasteiger partial charge in [-0.1, -0.05) is 29.7 Å². The number of rotatable bonds is 6. The highest BCUT2D eigenvalue weighted by atomic mass is 35.5. The Morgan fingerprint density at radius 2 is 1.93 bits per heavy atom. The molecule has 2 heterocycles. The first kappa shape index (κ1) is 32.4. The number of aldehydes is 1. The molecule has 0 bridgehead atoms. The molecule has 3 aromatic rings. The van der Waals surface area contributed by atoms with Gasteiger partial charge in [-0.15, -0.1) is 0 Å². The maximum Gasteiger partial charge on any atom is 0.417 e. The van der Waals surface area contributed by atoms with E-state index in [1.807, 2.05) is 32.2 Å². The molecule has 0 radical (unpaired) electrons. The average molecular weight is 600 g/mol. The summed E-state index contributed by atoms with van der Waals surface area (Å²) < 4.78 is 36.5. The highest BCUT2D eigenvalue weighted by molar-refractivity contribution is 6.31. The number of anilines is 3. The van der Waals surface area contributed by atoms with E-state index in [2.05, 4.69) is 44.4 Å². The van der Waals surface area contributed by atoms with Crippen molar-refractivity contribution in [1.82, 2.24) is 14.9 Å². The van der Waals surface area contributed by atoms with Gasteiger partial charge in [0, 0.05) is 30.4 Å². The Labute approximate surface area is 248 Å². The van der Waals surface area contributed by atoms with Crippen molar-refractivity contribution in [2.24, 2.45) is 5.92 Å². The number of benzene rings is 2. The maximum atomic E-state index is 12.2. The fourth-order valence-corrected chi connectivity index (χ4v) is 4.45. The highest BCUT2D eigenvalue weighted by Gasteiger charge is 2.33. The van der Waals surface area contributed by atoms with Crippen molar-refractivity contribution < 1.29 is 18.0 Å². The van der Waals surface area contributed by atoms with Crippen molar-refractivity contribution in [3.8, 4) is 11.8 Å². The number of aryl methyl sites for hydroxylation is 1. The summed E-state index contributed by atoms with van der Waals surface area (Å²) >= 11 is 5.30. The van der Waals surface area contributed by atoms with Crippen LogP contribution in [-0.2, 0) is 6.18 Å². The molecular weight excluding hydrogens is 567 g/mol. The van der Waals surface area contributed by atoms with E-state index in [9.17, 15) is 18.0 Å². The van der Waals surface area contributed by atoms with Crippen LogP contribution in [0.2, 0.25) is 5.02 Å². The van der Waals surface area contributed by atoms with Gasteiger partial charge in [-0.3, -0.25) is 10.2 Å².